The van der Waals surface area contributed by atoms with Crippen LogP contribution in [0.1, 0.15) is 12.6 Å². The van der Waals surface area contributed by atoms with E-state index in [1.54, 1.807) is 6.20 Å². The second-order valence-corrected chi connectivity index (χ2v) is 11.1. The molecule has 182 valence electrons. The van der Waals surface area contributed by atoms with E-state index in [0.29, 0.717) is 5.65 Å². The molecule has 6 N–H and O–H groups in total. The predicted molar refractivity (Wildman–Crippen MR) is 103 cm³/mol. The first-order valence-electron chi connectivity index (χ1n) is 8.78. The fourth-order valence-electron chi connectivity index (χ4n) is 3.20. The number of fused-ring (bicyclic) bond motifs is 3. The summed E-state index contributed by atoms with van der Waals surface area (Å²) in [5, 5.41) is 10.3. The number of aromatic amines is 1. The van der Waals surface area contributed by atoms with Crippen molar-refractivity contribution >= 4 is 40.4 Å². The van der Waals surface area contributed by atoms with E-state index >= 15 is 0 Å². The molecule has 3 aromatic rings. The van der Waals surface area contributed by atoms with Crippen LogP contribution in [0, 0.1) is 0 Å². The molecule has 33 heavy (non-hydrogen) atoms. The topological polar surface area (TPSA) is 257 Å². The lowest BCUT2D eigenvalue weighted by Crippen LogP contribution is -2.26. The van der Waals surface area contributed by atoms with Crippen LogP contribution < -0.4 is 5.56 Å². The van der Waals surface area contributed by atoms with Gasteiger partial charge in [0.1, 0.15) is 12.3 Å². The molecule has 0 amide bonds. The minimum absolute atomic E-state index is 0.0567. The highest BCUT2D eigenvalue weighted by Crippen LogP contribution is 2.66. The van der Waals surface area contributed by atoms with E-state index in [-0.39, 0.29) is 17.7 Å². The Hall–Kier alpha value is -1.78. The summed E-state index contributed by atoms with van der Waals surface area (Å²) in [5.41, 5.74) is -0.141. The highest BCUT2D eigenvalue weighted by molar-refractivity contribution is 7.66. The monoisotopic (exact) mass is 531 g/mol. The molecule has 3 aromatic heterocycles. The number of hydrogen-bond donors (Lipinski definition) is 6. The summed E-state index contributed by atoms with van der Waals surface area (Å²) < 4.78 is 54.2. The molecule has 0 aliphatic carbocycles. The molecule has 0 spiro atoms. The van der Waals surface area contributed by atoms with Crippen LogP contribution in [0.2, 0.25) is 0 Å². The number of nitrogens with one attached hydrogen (secondary N) is 1. The van der Waals surface area contributed by atoms with E-state index in [0.717, 1.165) is 0 Å². The van der Waals surface area contributed by atoms with Crippen molar-refractivity contribution in [1.82, 2.24) is 23.9 Å². The van der Waals surface area contributed by atoms with E-state index in [1.807, 2.05) is 0 Å². The van der Waals surface area contributed by atoms with Gasteiger partial charge in [0.05, 0.1) is 19.0 Å². The number of aliphatic hydroxyl groups excluding tert-OH is 1. The minimum atomic E-state index is -5.67. The first-order chi connectivity index (χ1) is 15.2. The van der Waals surface area contributed by atoms with Gasteiger partial charge in [-0.2, -0.15) is 8.62 Å². The fourth-order valence-corrected chi connectivity index (χ4v) is 6.23. The van der Waals surface area contributed by atoms with E-state index in [4.69, 9.17) is 19.4 Å². The average Bonchev–Trinajstić information content (AvgIpc) is 3.34. The normalized spacial score (nSPS) is 25.4. The lowest BCUT2D eigenvalue weighted by Gasteiger charge is -2.19. The third-order valence-corrected chi connectivity index (χ3v) is 8.21. The van der Waals surface area contributed by atoms with E-state index in [1.165, 1.54) is 21.5 Å². The van der Waals surface area contributed by atoms with Crippen molar-refractivity contribution in [3.8, 4) is 0 Å². The van der Waals surface area contributed by atoms with E-state index in [2.05, 4.69) is 28.1 Å². The zero-order chi connectivity index (χ0) is 24.2. The number of aromatic nitrogens is 5. The minimum Gasteiger partial charge on any atom is -0.390 e. The average molecular weight is 531 g/mol. The summed E-state index contributed by atoms with van der Waals surface area (Å²) >= 11 is 0. The Morgan fingerprint density at radius 1 is 1.15 bits per heavy atom. The van der Waals surface area contributed by atoms with Crippen LogP contribution in [0.5, 0.6) is 0 Å². The smallest absolute Gasteiger partial charge is 0.390 e. The molecule has 5 atom stereocenters. The quantitative estimate of drug-likeness (QED) is 0.198. The summed E-state index contributed by atoms with van der Waals surface area (Å²) in [7, 11) is -16.6. The summed E-state index contributed by atoms with van der Waals surface area (Å²) in [6.07, 6.45) is 0.854. The van der Waals surface area contributed by atoms with Crippen molar-refractivity contribution < 1.29 is 56.3 Å². The lowest BCUT2D eigenvalue weighted by atomic mass is 10.2. The van der Waals surface area contributed by atoms with Crippen LogP contribution in [-0.4, -0.2) is 67.4 Å². The van der Waals surface area contributed by atoms with Crippen molar-refractivity contribution in [2.75, 3.05) is 6.61 Å². The first-order valence-corrected chi connectivity index (χ1v) is 13.3. The standard InChI is InChI=1S/C12H16N5O13P3/c18-6-3-8(17-5-14-9-10(19)15-12-13-1-2-16(12)11(9)17)28-7(6)4-27-32(23,24)30-33(25,26)29-31(20,21)22/h1-2,5-8,18H,3-4H2,(H,23,24)(H,25,26)(H,13,15,19)(H2,20,21,22). The second kappa shape index (κ2) is 8.46. The fraction of sp³-hybridized carbons (Fsp3) is 0.417. The van der Waals surface area contributed by atoms with Gasteiger partial charge in [-0.1, -0.05) is 0 Å². The summed E-state index contributed by atoms with van der Waals surface area (Å²) in [6, 6.07) is 0. The van der Waals surface area contributed by atoms with E-state index in [9.17, 15) is 28.5 Å². The number of aliphatic hydroxyl groups is 1. The molecule has 1 aliphatic rings. The largest absolute Gasteiger partial charge is 0.490 e. The van der Waals surface area contributed by atoms with Crippen molar-refractivity contribution in [3.05, 3.63) is 29.1 Å². The molecule has 1 aliphatic heterocycles. The van der Waals surface area contributed by atoms with Crippen LogP contribution >= 0.6 is 23.5 Å². The van der Waals surface area contributed by atoms with Crippen molar-refractivity contribution in [2.24, 2.45) is 0 Å². The number of ether oxygens (including phenoxy) is 1. The summed E-state index contributed by atoms with van der Waals surface area (Å²) in [4.78, 5) is 58.5. The maximum absolute atomic E-state index is 12.2. The van der Waals surface area contributed by atoms with Gasteiger partial charge in [-0.15, -0.1) is 0 Å². The van der Waals surface area contributed by atoms with Crippen LogP contribution in [-0.2, 0) is 31.6 Å². The first kappa shape index (κ1) is 24.3. The SMILES string of the molecule is O=c1[nH]c2nccn2c2c1ncn2C1CC(O)C(COP(=O)(O)OP(=O)(O)OP(=O)(O)O)O1. The third kappa shape index (κ3) is 5.33. The molecule has 4 heterocycles. The highest BCUT2D eigenvalue weighted by Gasteiger charge is 2.43. The number of phosphoric acid groups is 3. The molecule has 0 aromatic carbocycles. The zero-order valence-electron chi connectivity index (χ0n) is 16.0. The number of imidazole rings is 2. The molecule has 1 fully saturated rings. The molecular weight excluding hydrogens is 515 g/mol. The van der Waals surface area contributed by atoms with Gasteiger partial charge in [0.25, 0.3) is 5.56 Å². The van der Waals surface area contributed by atoms with Gasteiger partial charge >= 0.3 is 23.5 Å². The Morgan fingerprint density at radius 3 is 2.58 bits per heavy atom. The Balaban J connectivity index is 1.48. The molecule has 21 heteroatoms. The molecule has 18 nitrogen and oxygen atoms in total. The molecule has 0 radical (unpaired) electrons. The van der Waals surface area contributed by atoms with Gasteiger partial charge in [-0.3, -0.25) is 23.3 Å². The van der Waals surface area contributed by atoms with Gasteiger partial charge < -0.3 is 29.4 Å². The van der Waals surface area contributed by atoms with Crippen LogP contribution in [0.3, 0.4) is 0 Å². The van der Waals surface area contributed by atoms with Gasteiger partial charge in [-0.25, -0.2) is 23.7 Å². The molecule has 1 saturated heterocycles. The van der Waals surface area contributed by atoms with Gasteiger partial charge in [0.15, 0.2) is 11.2 Å². The highest BCUT2D eigenvalue weighted by atomic mass is 31.3. The van der Waals surface area contributed by atoms with Gasteiger partial charge in [0.2, 0.25) is 5.78 Å². The maximum atomic E-state index is 12.2. The number of phosphoric ester groups is 1. The Bertz CT molecular complexity index is 1390. The molecular formula is C12H16N5O13P3. The van der Waals surface area contributed by atoms with Crippen molar-refractivity contribution in [1.29, 1.82) is 0 Å². The Morgan fingerprint density at radius 2 is 1.88 bits per heavy atom. The molecule has 5 unspecified atom stereocenters. The molecule has 0 saturated carbocycles. The maximum Gasteiger partial charge on any atom is 0.490 e. The Kier molecular flexibility index (Phi) is 6.24. The van der Waals surface area contributed by atoms with Gasteiger partial charge in [-0.05, 0) is 0 Å². The lowest BCUT2D eigenvalue weighted by molar-refractivity contribution is -0.0423. The molecule has 4 rings (SSSR count). The number of rotatable bonds is 8. The van der Waals surface area contributed by atoms with E-state index < -0.39 is 54.1 Å². The number of hydrogen-bond acceptors (Lipinski definition) is 11. The van der Waals surface area contributed by atoms with Gasteiger partial charge in [0, 0.05) is 18.8 Å². The summed E-state index contributed by atoms with van der Waals surface area (Å²) in [5.74, 6) is 0.233. The zero-order valence-corrected chi connectivity index (χ0v) is 18.7. The third-order valence-electron chi connectivity index (χ3n) is 4.41. The van der Waals surface area contributed by atoms with Crippen molar-refractivity contribution in [3.63, 3.8) is 0 Å². The molecule has 0 bridgehead atoms. The Labute approximate surface area is 181 Å². The van der Waals surface area contributed by atoms with Crippen LogP contribution in [0.15, 0.2) is 23.5 Å². The number of H-pyrrole nitrogens is 1. The number of nitrogens with zero attached hydrogens (tertiary/aromatic N) is 4. The summed E-state index contributed by atoms with van der Waals surface area (Å²) in [6.45, 7) is -0.824. The predicted octanol–water partition coefficient (Wildman–Crippen LogP) is -0.636. The van der Waals surface area contributed by atoms with Crippen LogP contribution in [0.4, 0.5) is 0 Å². The van der Waals surface area contributed by atoms with Crippen molar-refractivity contribution in [2.45, 2.75) is 24.9 Å². The van der Waals surface area contributed by atoms with Crippen LogP contribution in [0.25, 0.3) is 16.9 Å². The second-order valence-electron chi connectivity index (χ2n) is 6.72.